The fraction of sp³-hybridized carbons (Fsp3) is 0. The summed E-state index contributed by atoms with van der Waals surface area (Å²) in [5, 5.41) is 20.2. The summed E-state index contributed by atoms with van der Waals surface area (Å²) < 4.78 is 6.10. The molecule has 0 saturated heterocycles. The number of hydrogen-bond acceptors (Lipinski definition) is 4. The molecule has 0 radical (unpaired) electrons. The third kappa shape index (κ3) is 2.70. The van der Waals surface area contributed by atoms with Gasteiger partial charge in [-0.1, -0.05) is 12.1 Å². The Kier molecular flexibility index (Phi) is 3.66. The lowest BCUT2D eigenvalue weighted by Crippen LogP contribution is -1.91. The number of para-hydroxylation sites is 2. The Balaban J connectivity index is 2.30. The Morgan fingerprint density at radius 2 is 1.89 bits per heavy atom. The number of nitro benzene ring substituents is 1. The van der Waals surface area contributed by atoms with Crippen molar-refractivity contribution in [3.05, 3.63) is 56.1 Å². The average Bonchev–Trinajstić information content (AvgIpc) is 2.34. The third-order valence-corrected chi connectivity index (χ3v) is 3.05. The van der Waals surface area contributed by atoms with E-state index in [-0.39, 0.29) is 11.4 Å². The molecule has 5 nitrogen and oxygen atoms in total. The standard InChI is InChI=1S/C12H8INO4/c13-9-7-8(14(16)17)5-6-11(9)18-12-4-2-1-3-10(12)15/h1-7,15H. The Morgan fingerprint density at radius 3 is 2.50 bits per heavy atom. The first-order valence-electron chi connectivity index (χ1n) is 4.97. The number of ether oxygens (including phenoxy) is 1. The molecule has 0 saturated carbocycles. The van der Waals surface area contributed by atoms with Gasteiger partial charge in [0.05, 0.1) is 8.49 Å². The molecule has 92 valence electrons. The SMILES string of the molecule is O=[N+]([O-])c1ccc(Oc2ccccc2O)c(I)c1. The minimum atomic E-state index is -0.466. The second-order valence-electron chi connectivity index (χ2n) is 3.44. The van der Waals surface area contributed by atoms with Crippen LogP contribution in [0.1, 0.15) is 0 Å². The van der Waals surface area contributed by atoms with Gasteiger partial charge in [0.1, 0.15) is 5.75 Å². The summed E-state index contributed by atoms with van der Waals surface area (Å²) >= 11 is 1.95. The van der Waals surface area contributed by atoms with Crippen molar-refractivity contribution in [2.24, 2.45) is 0 Å². The monoisotopic (exact) mass is 357 g/mol. The Hall–Kier alpha value is -1.83. The lowest BCUT2D eigenvalue weighted by Gasteiger charge is -2.08. The number of rotatable bonds is 3. The quantitative estimate of drug-likeness (QED) is 0.517. The first-order chi connectivity index (χ1) is 8.58. The van der Waals surface area contributed by atoms with Gasteiger partial charge in [-0.05, 0) is 40.8 Å². The predicted molar refractivity (Wildman–Crippen MR) is 74.0 cm³/mol. The Morgan fingerprint density at radius 1 is 1.17 bits per heavy atom. The first-order valence-corrected chi connectivity index (χ1v) is 6.05. The second-order valence-corrected chi connectivity index (χ2v) is 4.60. The van der Waals surface area contributed by atoms with Crippen molar-refractivity contribution in [1.29, 1.82) is 0 Å². The highest BCUT2D eigenvalue weighted by molar-refractivity contribution is 14.1. The van der Waals surface area contributed by atoms with E-state index in [4.69, 9.17) is 4.74 Å². The number of nitrogens with zero attached hydrogens (tertiary/aromatic N) is 1. The van der Waals surface area contributed by atoms with Crippen molar-refractivity contribution < 1.29 is 14.8 Å². The van der Waals surface area contributed by atoms with Crippen molar-refractivity contribution in [3.8, 4) is 17.2 Å². The van der Waals surface area contributed by atoms with Gasteiger partial charge in [-0.15, -0.1) is 0 Å². The summed E-state index contributed by atoms with van der Waals surface area (Å²) in [5.41, 5.74) is 0.00373. The van der Waals surface area contributed by atoms with Gasteiger partial charge >= 0.3 is 0 Å². The van der Waals surface area contributed by atoms with E-state index in [2.05, 4.69) is 0 Å². The number of aromatic hydroxyl groups is 1. The van der Waals surface area contributed by atoms with Crippen LogP contribution in [0.15, 0.2) is 42.5 Å². The van der Waals surface area contributed by atoms with Crippen LogP contribution in [0.5, 0.6) is 17.2 Å². The summed E-state index contributed by atoms with van der Waals surface area (Å²) in [6, 6.07) is 10.8. The van der Waals surface area contributed by atoms with Gasteiger partial charge in [0.15, 0.2) is 11.5 Å². The van der Waals surface area contributed by atoms with Gasteiger partial charge in [0, 0.05) is 12.1 Å². The molecule has 0 aromatic heterocycles. The van der Waals surface area contributed by atoms with E-state index >= 15 is 0 Å². The zero-order valence-electron chi connectivity index (χ0n) is 9.04. The van der Waals surface area contributed by atoms with Gasteiger partial charge in [-0.2, -0.15) is 0 Å². The molecule has 0 unspecified atom stereocenters. The van der Waals surface area contributed by atoms with Crippen LogP contribution < -0.4 is 4.74 Å². The third-order valence-electron chi connectivity index (χ3n) is 2.21. The van der Waals surface area contributed by atoms with Gasteiger partial charge < -0.3 is 9.84 Å². The van der Waals surface area contributed by atoms with Crippen LogP contribution in [0.4, 0.5) is 5.69 Å². The molecule has 0 aliphatic rings. The number of nitro groups is 1. The smallest absolute Gasteiger partial charge is 0.270 e. The fourth-order valence-corrected chi connectivity index (χ4v) is 1.96. The number of halogens is 1. The molecule has 18 heavy (non-hydrogen) atoms. The maximum atomic E-state index is 10.6. The van der Waals surface area contributed by atoms with Crippen LogP contribution >= 0.6 is 22.6 Å². The molecular weight excluding hydrogens is 349 g/mol. The summed E-state index contributed by atoms with van der Waals surface area (Å²) in [6.07, 6.45) is 0. The predicted octanol–water partition coefficient (Wildman–Crippen LogP) is 3.70. The number of non-ortho nitro benzene ring substituents is 1. The summed E-state index contributed by atoms with van der Waals surface area (Å²) in [5.74, 6) is 0.790. The summed E-state index contributed by atoms with van der Waals surface area (Å²) in [7, 11) is 0. The van der Waals surface area contributed by atoms with E-state index in [1.54, 1.807) is 18.2 Å². The highest BCUT2D eigenvalue weighted by Crippen LogP contribution is 2.33. The molecule has 0 bridgehead atoms. The zero-order valence-corrected chi connectivity index (χ0v) is 11.2. The molecule has 0 aliphatic carbocycles. The second kappa shape index (κ2) is 5.21. The minimum absolute atomic E-state index is 0.00373. The molecule has 1 N–H and O–H groups in total. The number of hydrogen-bond donors (Lipinski definition) is 1. The van der Waals surface area contributed by atoms with Crippen molar-refractivity contribution in [2.45, 2.75) is 0 Å². The van der Waals surface area contributed by atoms with Crippen LogP contribution in [-0.2, 0) is 0 Å². The molecule has 0 aliphatic heterocycles. The van der Waals surface area contributed by atoms with Crippen LogP contribution in [0, 0.1) is 13.7 Å². The average molecular weight is 357 g/mol. The van der Waals surface area contributed by atoms with Crippen LogP contribution in [0.2, 0.25) is 0 Å². The van der Waals surface area contributed by atoms with Gasteiger partial charge in [-0.3, -0.25) is 10.1 Å². The van der Waals surface area contributed by atoms with Crippen LogP contribution in [0.3, 0.4) is 0 Å². The van der Waals surface area contributed by atoms with Gasteiger partial charge in [0.2, 0.25) is 0 Å². The van der Waals surface area contributed by atoms with E-state index in [1.807, 2.05) is 22.6 Å². The molecular formula is C12H8INO4. The molecule has 2 aromatic rings. The normalized spacial score (nSPS) is 10.1. The van der Waals surface area contributed by atoms with Gasteiger partial charge in [0.25, 0.3) is 5.69 Å². The molecule has 6 heteroatoms. The molecule has 0 fully saturated rings. The number of benzene rings is 2. The van der Waals surface area contributed by atoms with Crippen molar-refractivity contribution in [3.63, 3.8) is 0 Å². The lowest BCUT2D eigenvalue weighted by molar-refractivity contribution is -0.385. The van der Waals surface area contributed by atoms with E-state index in [9.17, 15) is 15.2 Å². The van der Waals surface area contributed by atoms with E-state index in [1.165, 1.54) is 24.3 Å². The Bertz CT molecular complexity index is 600. The molecule has 0 atom stereocenters. The van der Waals surface area contributed by atoms with Crippen molar-refractivity contribution in [2.75, 3.05) is 0 Å². The van der Waals surface area contributed by atoms with Crippen LogP contribution in [0.25, 0.3) is 0 Å². The van der Waals surface area contributed by atoms with Crippen molar-refractivity contribution >= 4 is 28.3 Å². The largest absolute Gasteiger partial charge is 0.504 e. The fourth-order valence-electron chi connectivity index (χ4n) is 1.35. The highest BCUT2D eigenvalue weighted by atomic mass is 127. The highest BCUT2D eigenvalue weighted by Gasteiger charge is 2.11. The lowest BCUT2D eigenvalue weighted by atomic mass is 10.3. The molecule has 0 heterocycles. The van der Waals surface area contributed by atoms with E-state index in [0.29, 0.717) is 15.1 Å². The van der Waals surface area contributed by atoms with Crippen molar-refractivity contribution in [1.82, 2.24) is 0 Å². The van der Waals surface area contributed by atoms with Crippen LogP contribution in [-0.4, -0.2) is 10.0 Å². The summed E-state index contributed by atoms with van der Waals surface area (Å²) in [6.45, 7) is 0. The molecule has 0 amide bonds. The minimum Gasteiger partial charge on any atom is -0.504 e. The maximum absolute atomic E-state index is 10.6. The molecule has 2 rings (SSSR count). The summed E-state index contributed by atoms with van der Waals surface area (Å²) in [4.78, 5) is 10.1. The van der Waals surface area contributed by atoms with E-state index in [0.717, 1.165) is 0 Å². The number of phenols is 1. The first kappa shape index (κ1) is 12.6. The van der Waals surface area contributed by atoms with Gasteiger partial charge in [-0.25, -0.2) is 0 Å². The number of phenolic OH excluding ortho intramolecular Hbond substituents is 1. The maximum Gasteiger partial charge on any atom is 0.270 e. The zero-order chi connectivity index (χ0) is 13.1. The topological polar surface area (TPSA) is 72.6 Å². The molecule has 0 spiro atoms. The molecule has 2 aromatic carbocycles. The van der Waals surface area contributed by atoms with E-state index < -0.39 is 4.92 Å². The Labute approximate surface area is 116 Å².